The molecule has 9 heteroatoms. The van der Waals surface area contributed by atoms with Gasteiger partial charge in [0.05, 0.1) is 23.8 Å². The summed E-state index contributed by atoms with van der Waals surface area (Å²) in [6.45, 7) is 8.00. The maximum Gasteiger partial charge on any atom is 0.306 e. The van der Waals surface area contributed by atoms with Crippen molar-refractivity contribution in [3.05, 3.63) is 73.7 Å². The maximum absolute atomic E-state index is 5.37. The van der Waals surface area contributed by atoms with Gasteiger partial charge in [0.25, 0.3) is 0 Å². The minimum absolute atomic E-state index is 0.486. The topological polar surface area (TPSA) is 87.7 Å². The lowest BCUT2D eigenvalue weighted by atomic mass is 10.4. The normalized spacial score (nSPS) is 10.5. The Labute approximate surface area is 184 Å². The lowest BCUT2D eigenvalue weighted by Crippen LogP contribution is -1.94. The minimum atomic E-state index is 0.486. The molecule has 160 valence electrons. The van der Waals surface area contributed by atoms with Gasteiger partial charge in [-0.25, -0.2) is 9.97 Å². The summed E-state index contributed by atoms with van der Waals surface area (Å²) in [4.78, 5) is 8.35. The first-order valence-electron chi connectivity index (χ1n) is 9.87. The van der Waals surface area contributed by atoms with Crippen molar-refractivity contribution in [1.29, 1.82) is 0 Å². The summed E-state index contributed by atoms with van der Waals surface area (Å²) in [6.07, 6.45) is 14.0. The van der Waals surface area contributed by atoms with Gasteiger partial charge in [0.2, 0.25) is 0 Å². The summed E-state index contributed by atoms with van der Waals surface area (Å²) in [5, 5.41) is 10.2. The van der Waals surface area contributed by atoms with Crippen molar-refractivity contribution in [2.75, 3.05) is 0 Å². The van der Waals surface area contributed by atoms with Crippen molar-refractivity contribution in [1.82, 2.24) is 29.3 Å². The van der Waals surface area contributed by atoms with E-state index in [0.717, 1.165) is 21.4 Å². The second-order valence-corrected chi connectivity index (χ2v) is 6.71. The molecule has 31 heavy (non-hydrogen) atoms. The molecule has 0 saturated heterocycles. The summed E-state index contributed by atoms with van der Waals surface area (Å²) in [5.41, 5.74) is 1.72. The van der Waals surface area contributed by atoms with E-state index in [2.05, 4.69) is 20.2 Å². The van der Waals surface area contributed by atoms with Gasteiger partial charge < -0.3 is 8.83 Å². The quantitative estimate of drug-likeness (QED) is 0.319. The standard InChI is InChI=1S/C16H10N6O2S.C4H8.C2H6/c1-3-11(21(7-1)15-17-5-9-23-15)13-19-20-14(25-13)12-4-2-8-22(12)16-18-6-10-24-16;1-3-4-2;1-2/h1-10H;3-4H,1-2H3;1-2H3/b;4-3-;. The fraction of sp³-hybridized carbons (Fsp3) is 0.182. The zero-order chi connectivity index (χ0) is 22.1. The highest BCUT2D eigenvalue weighted by Crippen LogP contribution is 2.32. The van der Waals surface area contributed by atoms with Crippen LogP contribution >= 0.6 is 11.3 Å². The third-order valence-corrected chi connectivity index (χ3v) is 4.91. The monoisotopic (exact) mass is 436 g/mol. The summed E-state index contributed by atoms with van der Waals surface area (Å²) in [5.74, 6) is 0. The van der Waals surface area contributed by atoms with Crippen LogP contribution < -0.4 is 0 Å². The molecule has 0 unspecified atom stereocenters. The summed E-state index contributed by atoms with van der Waals surface area (Å²) >= 11 is 1.47. The number of rotatable bonds is 4. The van der Waals surface area contributed by atoms with Crippen LogP contribution in [0.25, 0.3) is 33.4 Å². The molecule has 0 aliphatic rings. The van der Waals surface area contributed by atoms with Gasteiger partial charge in [-0.05, 0) is 38.1 Å². The van der Waals surface area contributed by atoms with Crippen molar-refractivity contribution in [3.63, 3.8) is 0 Å². The van der Waals surface area contributed by atoms with E-state index in [1.807, 2.05) is 85.6 Å². The van der Waals surface area contributed by atoms with Crippen LogP contribution in [-0.2, 0) is 0 Å². The number of oxazole rings is 2. The fourth-order valence-corrected chi connectivity index (χ4v) is 3.43. The number of aromatic nitrogens is 6. The SMILES string of the molecule is C/C=C\C.CC.c1cc(-c2nnc(-c3cccn3-c3ncco3)s2)n(-c2ncco2)c1. The highest BCUT2D eigenvalue weighted by atomic mass is 32.1. The van der Waals surface area contributed by atoms with Gasteiger partial charge in [-0.2, -0.15) is 0 Å². The summed E-state index contributed by atoms with van der Waals surface area (Å²) in [6, 6.07) is 8.69. The van der Waals surface area contributed by atoms with Gasteiger partial charge in [-0.3, -0.25) is 9.13 Å². The van der Waals surface area contributed by atoms with Crippen LogP contribution in [0.4, 0.5) is 0 Å². The van der Waals surface area contributed by atoms with Crippen molar-refractivity contribution >= 4 is 11.3 Å². The van der Waals surface area contributed by atoms with Crippen LogP contribution in [0.5, 0.6) is 0 Å². The number of nitrogens with zero attached hydrogens (tertiary/aromatic N) is 6. The van der Waals surface area contributed by atoms with E-state index in [1.54, 1.807) is 12.4 Å². The maximum atomic E-state index is 5.37. The zero-order valence-corrected chi connectivity index (χ0v) is 18.7. The third kappa shape index (κ3) is 4.89. The molecule has 0 fully saturated rings. The molecule has 0 radical (unpaired) electrons. The molecule has 0 bridgehead atoms. The molecule has 0 saturated carbocycles. The summed E-state index contributed by atoms with van der Waals surface area (Å²) in [7, 11) is 0. The largest absolute Gasteiger partial charge is 0.432 e. The predicted octanol–water partition coefficient (Wildman–Crippen LogP) is 6.04. The molecule has 5 rings (SSSR count). The molecule has 0 amide bonds. The van der Waals surface area contributed by atoms with Crippen molar-refractivity contribution in [2.45, 2.75) is 27.7 Å². The number of allylic oxidation sites excluding steroid dienone is 2. The van der Waals surface area contributed by atoms with Gasteiger partial charge in [0.1, 0.15) is 12.5 Å². The van der Waals surface area contributed by atoms with Crippen LogP contribution in [-0.4, -0.2) is 29.3 Å². The predicted molar refractivity (Wildman–Crippen MR) is 121 cm³/mol. The van der Waals surface area contributed by atoms with E-state index >= 15 is 0 Å². The smallest absolute Gasteiger partial charge is 0.306 e. The lowest BCUT2D eigenvalue weighted by molar-refractivity contribution is 0.528. The van der Waals surface area contributed by atoms with Crippen LogP contribution in [0.1, 0.15) is 27.7 Å². The van der Waals surface area contributed by atoms with Gasteiger partial charge in [0, 0.05) is 12.4 Å². The zero-order valence-electron chi connectivity index (χ0n) is 17.8. The first kappa shape index (κ1) is 22.0. The van der Waals surface area contributed by atoms with Crippen LogP contribution in [0.3, 0.4) is 0 Å². The minimum Gasteiger partial charge on any atom is -0.432 e. The molecule has 5 aromatic heterocycles. The Kier molecular flexibility index (Phi) is 7.72. The Bertz CT molecular complexity index is 1090. The second-order valence-electron chi connectivity index (χ2n) is 5.74. The van der Waals surface area contributed by atoms with Gasteiger partial charge in [0.15, 0.2) is 10.0 Å². The first-order valence-corrected chi connectivity index (χ1v) is 10.7. The second kappa shape index (κ2) is 10.9. The average Bonchev–Trinajstić information content (AvgIpc) is 3.64. The van der Waals surface area contributed by atoms with E-state index in [-0.39, 0.29) is 0 Å². The Morgan fingerprint density at radius 2 is 1.23 bits per heavy atom. The Balaban J connectivity index is 0.000000411. The van der Waals surface area contributed by atoms with Crippen molar-refractivity contribution in [3.8, 4) is 33.4 Å². The van der Waals surface area contributed by atoms with Gasteiger partial charge in [-0.15, -0.1) is 10.2 Å². The molecule has 0 aliphatic heterocycles. The molecular weight excluding hydrogens is 412 g/mol. The van der Waals surface area contributed by atoms with Crippen LogP contribution in [0.15, 0.2) is 82.6 Å². The Hall–Kier alpha value is -3.72. The Morgan fingerprint density at radius 1 is 0.774 bits per heavy atom. The van der Waals surface area contributed by atoms with Gasteiger partial charge >= 0.3 is 12.0 Å². The van der Waals surface area contributed by atoms with E-state index in [4.69, 9.17) is 8.83 Å². The van der Waals surface area contributed by atoms with E-state index in [9.17, 15) is 0 Å². The van der Waals surface area contributed by atoms with Gasteiger partial charge in [-0.1, -0.05) is 37.3 Å². The molecular formula is C22H24N6O2S. The fourth-order valence-electron chi connectivity index (χ4n) is 2.54. The van der Waals surface area contributed by atoms with E-state index in [1.165, 1.54) is 23.9 Å². The number of hydrogen-bond acceptors (Lipinski definition) is 7. The average molecular weight is 437 g/mol. The molecule has 0 aromatic carbocycles. The molecule has 8 nitrogen and oxygen atoms in total. The van der Waals surface area contributed by atoms with Crippen LogP contribution in [0, 0.1) is 0 Å². The number of hydrogen-bond donors (Lipinski definition) is 0. The molecule has 5 heterocycles. The lowest BCUT2D eigenvalue weighted by Gasteiger charge is -2.01. The first-order chi connectivity index (χ1) is 15.3. The van der Waals surface area contributed by atoms with Crippen molar-refractivity contribution < 1.29 is 8.83 Å². The Morgan fingerprint density at radius 3 is 1.58 bits per heavy atom. The molecule has 0 aliphatic carbocycles. The van der Waals surface area contributed by atoms with E-state index in [0.29, 0.717) is 12.0 Å². The highest BCUT2D eigenvalue weighted by molar-refractivity contribution is 7.17. The molecule has 0 N–H and O–H groups in total. The van der Waals surface area contributed by atoms with Crippen molar-refractivity contribution in [2.24, 2.45) is 0 Å². The molecule has 5 aromatic rings. The van der Waals surface area contributed by atoms with E-state index < -0.39 is 0 Å². The highest BCUT2D eigenvalue weighted by Gasteiger charge is 2.17. The van der Waals surface area contributed by atoms with Crippen LogP contribution in [0.2, 0.25) is 0 Å². The molecule has 0 atom stereocenters. The molecule has 0 spiro atoms. The third-order valence-electron chi connectivity index (χ3n) is 3.94. The summed E-state index contributed by atoms with van der Waals surface area (Å²) < 4.78 is 14.4.